The highest BCUT2D eigenvalue weighted by Crippen LogP contribution is 2.04. The molecule has 0 aliphatic carbocycles. The molecule has 0 aromatic rings. The van der Waals surface area contributed by atoms with Crippen LogP contribution in [0, 0.1) is 0 Å². The topological polar surface area (TPSA) is 70.2 Å². The van der Waals surface area contributed by atoms with Crippen LogP contribution in [0.15, 0.2) is 0 Å². The van der Waals surface area contributed by atoms with Gasteiger partial charge < -0.3 is 16.0 Å². The fourth-order valence-corrected chi connectivity index (χ4v) is 1.85. The maximum absolute atomic E-state index is 11.6. The van der Waals surface area contributed by atoms with Gasteiger partial charge in [-0.15, -0.1) is 0 Å². The second-order valence-electron chi connectivity index (χ2n) is 4.39. The van der Waals surface area contributed by atoms with Crippen LogP contribution in [0.4, 0.5) is 0 Å². The van der Waals surface area contributed by atoms with Gasteiger partial charge in [-0.05, 0) is 25.7 Å². The summed E-state index contributed by atoms with van der Waals surface area (Å²) < 4.78 is 0. The van der Waals surface area contributed by atoms with Gasteiger partial charge in [0.05, 0.1) is 6.04 Å². The normalized spacial score (nSPS) is 20.5. The summed E-state index contributed by atoms with van der Waals surface area (Å²) in [7, 11) is 0. The van der Waals surface area contributed by atoms with Crippen LogP contribution in [0.25, 0.3) is 0 Å². The molecule has 0 aromatic carbocycles. The van der Waals surface area contributed by atoms with Crippen molar-refractivity contribution in [2.75, 3.05) is 19.6 Å². The molecule has 5 heteroatoms. The third-order valence-electron chi connectivity index (χ3n) is 2.85. The van der Waals surface area contributed by atoms with E-state index in [4.69, 9.17) is 0 Å². The first kappa shape index (κ1) is 14.0. The minimum absolute atomic E-state index is 0.0494. The Balaban J connectivity index is 2.16. The highest BCUT2D eigenvalue weighted by Gasteiger charge is 2.19. The van der Waals surface area contributed by atoms with E-state index in [1.165, 1.54) is 0 Å². The quantitative estimate of drug-likeness (QED) is 0.620. The third-order valence-corrected chi connectivity index (χ3v) is 2.85. The van der Waals surface area contributed by atoms with Crippen LogP contribution in [0.2, 0.25) is 0 Å². The highest BCUT2D eigenvalue weighted by atomic mass is 16.2. The molecule has 1 aliphatic rings. The second-order valence-corrected chi connectivity index (χ2v) is 4.39. The van der Waals surface area contributed by atoms with Crippen molar-refractivity contribution < 1.29 is 9.59 Å². The summed E-state index contributed by atoms with van der Waals surface area (Å²) >= 11 is 0. The lowest BCUT2D eigenvalue weighted by Gasteiger charge is -2.14. The average Bonchev–Trinajstić information content (AvgIpc) is 2.52. The van der Waals surface area contributed by atoms with Gasteiger partial charge in [-0.3, -0.25) is 9.59 Å². The van der Waals surface area contributed by atoms with Crippen molar-refractivity contribution in [3.8, 4) is 0 Å². The van der Waals surface area contributed by atoms with E-state index < -0.39 is 0 Å². The number of carbonyl (C=O) groups is 2. The molecule has 0 saturated carbocycles. The fourth-order valence-electron chi connectivity index (χ4n) is 1.85. The molecule has 0 bridgehead atoms. The summed E-state index contributed by atoms with van der Waals surface area (Å²) in [6.07, 6.45) is 4.34. The van der Waals surface area contributed by atoms with Gasteiger partial charge in [0.15, 0.2) is 0 Å². The average molecular weight is 241 g/mol. The van der Waals surface area contributed by atoms with Crippen molar-refractivity contribution in [3.05, 3.63) is 0 Å². The summed E-state index contributed by atoms with van der Waals surface area (Å²) in [5.41, 5.74) is 0. The highest BCUT2D eigenvalue weighted by molar-refractivity contribution is 5.82. The molecule has 1 heterocycles. The van der Waals surface area contributed by atoms with E-state index in [0.29, 0.717) is 13.0 Å². The number of nitrogens with one attached hydrogen (secondary N) is 3. The van der Waals surface area contributed by atoms with Gasteiger partial charge in [-0.2, -0.15) is 0 Å². The zero-order chi connectivity index (χ0) is 12.5. The van der Waals surface area contributed by atoms with Crippen molar-refractivity contribution in [2.24, 2.45) is 0 Å². The van der Waals surface area contributed by atoms with E-state index in [2.05, 4.69) is 16.0 Å². The summed E-state index contributed by atoms with van der Waals surface area (Å²) in [5, 5.41) is 8.82. The minimum atomic E-state index is -0.128. The first-order chi connectivity index (χ1) is 8.24. The summed E-state index contributed by atoms with van der Waals surface area (Å²) in [4.78, 5) is 22.9. The van der Waals surface area contributed by atoms with E-state index in [-0.39, 0.29) is 17.9 Å². The van der Waals surface area contributed by atoms with Gasteiger partial charge in [-0.25, -0.2) is 0 Å². The molecule has 1 aliphatic heterocycles. The van der Waals surface area contributed by atoms with Gasteiger partial charge in [0.2, 0.25) is 11.8 Å². The molecule has 0 aromatic heterocycles. The minimum Gasteiger partial charge on any atom is -0.356 e. The van der Waals surface area contributed by atoms with E-state index in [0.717, 1.165) is 38.8 Å². The molecular weight excluding hydrogens is 218 g/mol. The molecular formula is C12H23N3O2. The molecule has 3 N–H and O–H groups in total. The maximum Gasteiger partial charge on any atom is 0.237 e. The Labute approximate surface area is 103 Å². The molecule has 1 saturated heterocycles. The molecule has 5 nitrogen and oxygen atoms in total. The van der Waals surface area contributed by atoms with E-state index in [1.807, 2.05) is 6.92 Å². The molecule has 1 atom stereocenters. The second kappa shape index (κ2) is 8.06. The van der Waals surface area contributed by atoms with Crippen LogP contribution in [-0.2, 0) is 9.59 Å². The van der Waals surface area contributed by atoms with E-state index in [9.17, 15) is 9.59 Å². The Kier molecular flexibility index (Phi) is 6.62. The summed E-state index contributed by atoms with van der Waals surface area (Å²) in [6.45, 7) is 4.08. The van der Waals surface area contributed by atoms with Gasteiger partial charge in [0.1, 0.15) is 0 Å². The van der Waals surface area contributed by atoms with Crippen LogP contribution in [-0.4, -0.2) is 37.5 Å². The zero-order valence-electron chi connectivity index (χ0n) is 10.6. The Morgan fingerprint density at radius 2 is 2.24 bits per heavy atom. The van der Waals surface area contributed by atoms with Crippen LogP contribution >= 0.6 is 0 Å². The number of hydrogen-bond acceptors (Lipinski definition) is 3. The molecule has 0 spiro atoms. The number of rotatable bonds is 6. The first-order valence-corrected chi connectivity index (χ1v) is 6.52. The first-order valence-electron chi connectivity index (χ1n) is 6.52. The molecule has 1 rings (SSSR count). The van der Waals surface area contributed by atoms with Crippen molar-refractivity contribution in [2.45, 2.75) is 45.1 Å². The molecule has 0 radical (unpaired) electrons. The van der Waals surface area contributed by atoms with Crippen LogP contribution in [0.1, 0.15) is 39.0 Å². The van der Waals surface area contributed by atoms with Gasteiger partial charge in [0.25, 0.3) is 0 Å². The van der Waals surface area contributed by atoms with Crippen LogP contribution in [0.5, 0.6) is 0 Å². The largest absolute Gasteiger partial charge is 0.356 e. The predicted molar refractivity (Wildman–Crippen MR) is 66.6 cm³/mol. The van der Waals surface area contributed by atoms with E-state index in [1.54, 1.807) is 0 Å². The number of carbonyl (C=O) groups excluding carboxylic acids is 2. The Bertz CT molecular complexity index is 256. The lowest BCUT2D eigenvalue weighted by atomic mass is 10.1. The standard InChI is InChI=1S/C12H23N3O2/c1-2-7-14-11(16)6-9-13-10-5-3-4-8-15-12(10)17/h10,13H,2-9H2,1H3,(H,14,16)(H,15,17). The molecule has 2 amide bonds. The van der Waals surface area contributed by atoms with E-state index >= 15 is 0 Å². The summed E-state index contributed by atoms with van der Waals surface area (Å²) in [6, 6.07) is -0.128. The lowest BCUT2D eigenvalue weighted by molar-refractivity contribution is -0.124. The van der Waals surface area contributed by atoms with Crippen molar-refractivity contribution in [1.29, 1.82) is 0 Å². The molecule has 1 fully saturated rings. The predicted octanol–water partition coefficient (Wildman–Crippen LogP) is 0.161. The van der Waals surface area contributed by atoms with Crippen LogP contribution < -0.4 is 16.0 Å². The van der Waals surface area contributed by atoms with Crippen molar-refractivity contribution in [1.82, 2.24) is 16.0 Å². The fraction of sp³-hybridized carbons (Fsp3) is 0.833. The zero-order valence-corrected chi connectivity index (χ0v) is 10.6. The smallest absolute Gasteiger partial charge is 0.237 e. The van der Waals surface area contributed by atoms with Gasteiger partial charge >= 0.3 is 0 Å². The van der Waals surface area contributed by atoms with Crippen molar-refractivity contribution in [3.63, 3.8) is 0 Å². The molecule has 17 heavy (non-hydrogen) atoms. The van der Waals surface area contributed by atoms with Gasteiger partial charge in [0, 0.05) is 26.1 Å². The maximum atomic E-state index is 11.6. The van der Waals surface area contributed by atoms with Crippen molar-refractivity contribution >= 4 is 11.8 Å². The Hall–Kier alpha value is -1.10. The van der Waals surface area contributed by atoms with Crippen LogP contribution in [0.3, 0.4) is 0 Å². The van der Waals surface area contributed by atoms with Gasteiger partial charge in [-0.1, -0.05) is 6.92 Å². The number of amides is 2. The summed E-state index contributed by atoms with van der Waals surface area (Å²) in [5.74, 6) is 0.116. The Morgan fingerprint density at radius 3 is 3.00 bits per heavy atom. The lowest BCUT2D eigenvalue weighted by Crippen LogP contribution is -2.43. The molecule has 98 valence electrons. The Morgan fingerprint density at radius 1 is 1.41 bits per heavy atom. The number of hydrogen-bond donors (Lipinski definition) is 3. The molecule has 1 unspecified atom stereocenters. The third kappa shape index (κ3) is 5.68. The SMILES string of the molecule is CCCNC(=O)CCNC1CCCCNC1=O. The monoisotopic (exact) mass is 241 g/mol.